The van der Waals surface area contributed by atoms with E-state index in [4.69, 9.17) is 0 Å². The van der Waals surface area contributed by atoms with Crippen LogP contribution >= 0.6 is 11.8 Å². The first-order valence-electron chi connectivity index (χ1n) is 9.79. The normalized spacial score (nSPS) is 13.0. The molecule has 8 nitrogen and oxygen atoms in total. The van der Waals surface area contributed by atoms with Crippen molar-refractivity contribution < 1.29 is 14.4 Å². The minimum atomic E-state index is -0.552. The number of benzene rings is 2. The maximum Gasteiger partial charge on any atom is 0.262 e. The van der Waals surface area contributed by atoms with Gasteiger partial charge in [0.15, 0.2) is 5.65 Å². The summed E-state index contributed by atoms with van der Waals surface area (Å²) in [4.78, 5) is 43.8. The molecule has 158 valence electrons. The van der Waals surface area contributed by atoms with Gasteiger partial charge in [-0.05, 0) is 48.2 Å². The maximum absolute atomic E-state index is 12.5. The number of pyridine rings is 1. The zero-order valence-electron chi connectivity index (χ0n) is 17.0. The number of fused-ring (bicyclic) bond motifs is 2. The van der Waals surface area contributed by atoms with Crippen molar-refractivity contribution in [3.05, 3.63) is 78.0 Å². The summed E-state index contributed by atoms with van der Waals surface area (Å²) in [6.45, 7) is -0.408. The summed E-state index contributed by atoms with van der Waals surface area (Å²) in [5, 5.41) is 6.89. The van der Waals surface area contributed by atoms with E-state index in [1.807, 2.05) is 42.8 Å². The third kappa shape index (κ3) is 3.52. The Hall–Kier alpha value is -3.98. The average molecular weight is 443 g/mol. The van der Waals surface area contributed by atoms with Gasteiger partial charge in [-0.2, -0.15) is 4.98 Å². The van der Waals surface area contributed by atoms with Gasteiger partial charge in [-0.15, -0.1) is 16.9 Å². The number of carbonyl (C=O) groups excluding carboxylic acids is 3. The molecule has 0 saturated carbocycles. The molecule has 1 N–H and O–H groups in total. The molecule has 5 rings (SSSR count). The van der Waals surface area contributed by atoms with E-state index in [1.165, 1.54) is 0 Å². The van der Waals surface area contributed by atoms with Gasteiger partial charge < -0.3 is 0 Å². The predicted octanol–water partition coefficient (Wildman–Crippen LogP) is 3.35. The molecule has 0 spiro atoms. The van der Waals surface area contributed by atoms with Gasteiger partial charge in [-0.3, -0.25) is 24.6 Å². The van der Waals surface area contributed by atoms with Crippen molar-refractivity contribution in [3.63, 3.8) is 0 Å². The lowest BCUT2D eigenvalue weighted by atomic mass is 10.1. The lowest BCUT2D eigenvalue weighted by Crippen LogP contribution is -2.37. The van der Waals surface area contributed by atoms with Crippen LogP contribution in [-0.2, 0) is 4.79 Å². The van der Waals surface area contributed by atoms with E-state index in [0.29, 0.717) is 16.8 Å². The van der Waals surface area contributed by atoms with Crippen LogP contribution in [0.4, 0.5) is 5.95 Å². The third-order valence-corrected chi connectivity index (χ3v) is 5.89. The summed E-state index contributed by atoms with van der Waals surface area (Å²) >= 11 is 1.67. The van der Waals surface area contributed by atoms with Gasteiger partial charge >= 0.3 is 0 Å². The van der Waals surface area contributed by atoms with Crippen molar-refractivity contribution in [2.45, 2.75) is 4.90 Å². The highest BCUT2D eigenvalue weighted by atomic mass is 32.2. The number of amides is 3. The van der Waals surface area contributed by atoms with Crippen LogP contribution in [-0.4, -0.2) is 50.0 Å². The van der Waals surface area contributed by atoms with Crippen LogP contribution in [0.25, 0.3) is 16.8 Å². The average Bonchev–Trinajstić information content (AvgIpc) is 3.32. The molecular formula is C23H17N5O3S. The van der Waals surface area contributed by atoms with Gasteiger partial charge in [-0.1, -0.05) is 24.3 Å². The number of aromatic nitrogens is 3. The number of carbonyl (C=O) groups is 3. The van der Waals surface area contributed by atoms with Gasteiger partial charge in [0.25, 0.3) is 11.8 Å². The number of nitrogens with zero attached hydrogens (tertiary/aromatic N) is 4. The van der Waals surface area contributed by atoms with Crippen LogP contribution in [0.2, 0.25) is 0 Å². The number of hydrogen-bond donors (Lipinski definition) is 1. The minimum Gasteiger partial charge on any atom is -0.292 e. The molecule has 0 fully saturated rings. The molecule has 9 heteroatoms. The first-order chi connectivity index (χ1) is 15.5. The highest BCUT2D eigenvalue weighted by Gasteiger charge is 2.36. The quantitative estimate of drug-likeness (QED) is 0.375. The summed E-state index contributed by atoms with van der Waals surface area (Å²) in [7, 11) is 0. The standard InChI is InChI=1S/C23H17N5O3S/c1-32-16-6-4-5-14(11-16)15-9-10-19-24-23(26-28(19)12-15)25-20(29)13-27-21(30)17-7-2-3-8-18(17)22(27)31/h2-12H,13H2,1H3,(H,25,26,29). The molecular weight excluding hydrogens is 426 g/mol. The van der Waals surface area contributed by atoms with Gasteiger partial charge in [-0.25, -0.2) is 4.52 Å². The van der Waals surface area contributed by atoms with E-state index < -0.39 is 24.3 Å². The molecule has 1 aliphatic heterocycles. The summed E-state index contributed by atoms with van der Waals surface area (Å²) in [5.74, 6) is -1.42. The van der Waals surface area contributed by atoms with Gasteiger partial charge in [0.2, 0.25) is 11.9 Å². The smallest absolute Gasteiger partial charge is 0.262 e. The zero-order valence-corrected chi connectivity index (χ0v) is 17.8. The molecule has 2 aromatic heterocycles. The van der Waals surface area contributed by atoms with Crippen LogP contribution < -0.4 is 5.32 Å². The number of imide groups is 1. The molecule has 1 aliphatic rings. The number of nitrogens with one attached hydrogen (secondary N) is 1. The Balaban J connectivity index is 1.33. The maximum atomic E-state index is 12.5. The largest absolute Gasteiger partial charge is 0.292 e. The lowest BCUT2D eigenvalue weighted by Gasteiger charge is -2.12. The first kappa shape index (κ1) is 20.0. The summed E-state index contributed by atoms with van der Waals surface area (Å²) in [6, 6.07) is 18.4. The van der Waals surface area contributed by atoms with Crippen LogP contribution in [0.3, 0.4) is 0 Å². The van der Waals surface area contributed by atoms with Crippen molar-refractivity contribution in [1.82, 2.24) is 19.5 Å². The molecule has 3 heterocycles. The van der Waals surface area contributed by atoms with Gasteiger partial charge in [0.05, 0.1) is 11.1 Å². The molecule has 0 unspecified atom stereocenters. The molecule has 0 saturated heterocycles. The first-order valence-corrected chi connectivity index (χ1v) is 11.0. The number of anilines is 1. The van der Waals surface area contributed by atoms with Crippen molar-refractivity contribution >= 4 is 41.1 Å². The summed E-state index contributed by atoms with van der Waals surface area (Å²) < 4.78 is 1.58. The molecule has 0 aliphatic carbocycles. The fraction of sp³-hybridized carbons (Fsp3) is 0.0870. The number of hydrogen-bond acceptors (Lipinski definition) is 6. The lowest BCUT2D eigenvalue weighted by molar-refractivity contribution is -0.116. The molecule has 2 aromatic carbocycles. The monoisotopic (exact) mass is 443 g/mol. The third-order valence-electron chi connectivity index (χ3n) is 5.17. The molecule has 0 bridgehead atoms. The van der Waals surface area contributed by atoms with Crippen molar-refractivity contribution in [2.24, 2.45) is 0 Å². The highest BCUT2D eigenvalue weighted by molar-refractivity contribution is 7.98. The van der Waals surface area contributed by atoms with Crippen molar-refractivity contribution in [1.29, 1.82) is 0 Å². The number of thioether (sulfide) groups is 1. The summed E-state index contributed by atoms with van der Waals surface area (Å²) in [5.41, 5.74) is 3.17. The second-order valence-corrected chi connectivity index (χ2v) is 8.06. The topological polar surface area (TPSA) is 96.7 Å². The molecule has 0 atom stereocenters. The van der Waals surface area contributed by atoms with Crippen LogP contribution in [0.15, 0.2) is 71.8 Å². The van der Waals surface area contributed by atoms with E-state index >= 15 is 0 Å². The molecule has 3 amide bonds. The van der Waals surface area contributed by atoms with E-state index in [1.54, 1.807) is 40.5 Å². The van der Waals surface area contributed by atoms with E-state index in [9.17, 15) is 14.4 Å². The predicted molar refractivity (Wildman–Crippen MR) is 121 cm³/mol. The Morgan fingerprint density at radius 2 is 1.72 bits per heavy atom. The van der Waals surface area contributed by atoms with Crippen molar-refractivity contribution in [2.75, 3.05) is 18.1 Å². The SMILES string of the molecule is CSc1cccc(-c2ccc3nc(NC(=O)CN4C(=O)c5ccccc5C4=O)nn3c2)c1. The number of rotatable bonds is 5. The Kier molecular flexibility index (Phi) is 4.95. The molecule has 0 radical (unpaired) electrons. The van der Waals surface area contributed by atoms with E-state index in [0.717, 1.165) is 20.9 Å². The van der Waals surface area contributed by atoms with Gasteiger partial charge in [0.1, 0.15) is 6.54 Å². The van der Waals surface area contributed by atoms with Crippen LogP contribution in [0.1, 0.15) is 20.7 Å². The Morgan fingerprint density at radius 1 is 0.969 bits per heavy atom. The van der Waals surface area contributed by atoms with Crippen LogP contribution in [0.5, 0.6) is 0 Å². The fourth-order valence-corrected chi connectivity index (χ4v) is 4.06. The van der Waals surface area contributed by atoms with E-state index in [-0.39, 0.29) is 5.95 Å². The minimum absolute atomic E-state index is 0.0987. The molecule has 32 heavy (non-hydrogen) atoms. The fourth-order valence-electron chi connectivity index (χ4n) is 3.60. The summed E-state index contributed by atoms with van der Waals surface area (Å²) in [6.07, 6.45) is 3.86. The Morgan fingerprint density at radius 3 is 2.44 bits per heavy atom. The molecule has 4 aromatic rings. The van der Waals surface area contributed by atoms with Crippen molar-refractivity contribution in [3.8, 4) is 11.1 Å². The zero-order chi connectivity index (χ0) is 22.2. The Bertz CT molecular complexity index is 1360. The Labute approximate surface area is 187 Å². The van der Waals surface area contributed by atoms with E-state index in [2.05, 4.69) is 21.5 Å². The van der Waals surface area contributed by atoms with Gasteiger partial charge in [0, 0.05) is 16.7 Å². The second kappa shape index (κ2) is 7.93. The van der Waals surface area contributed by atoms with Crippen LogP contribution in [0, 0.1) is 0 Å². The second-order valence-electron chi connectivity index (χ2n) is 7.18. The highest BCUT2D eigenvalue weighted by Crippen LogP contribution is 2.25.